The quantitative estimate of drug-likeness (QED) is 0.809. The molecule has 2 heterocycles. The van der Waals surface area contributed by atoms with Crippen LogP contribution in [0, 0.1) is 5.92 Å². The first-order chi connectivity index (χ1) is 12.1. The molecule has 25 heavy (non-hydrogen) atoms. The molecule has 2 aromatic rings. The van der Waals surface area contributed by atoms with Gasteiger partial charge in [-0.3, -0.25) is 4.79 Å². The van der Waals surface area contributed by atoms with Gasteiger partial charge in [0.05, 0.1) is 12.2 Å². The van der Waals surface area contributed by atoms with Crippen LogP contribution in [-0.2, 0) is 11.3 Å². The third-order valence-corrected chi connectivity index (χ3v) is 5.44. The van der Waals surface area contributed by atoms with Gasteiger partial charge in [-0.1, -0.05) is 31.5 Å². The number of para-hydroxylation sites is 1. The Morgan fingerprint density at radius 1 is 1.28 bits per heavy atom. The summed E-state index contributed by atoms with van der Waals surface area (Å²) in [5, 5.41) is 1.03. The second-order valence-electron chi connectivity index (χ2n) is 7.16. The number of hydrogen-bond donors (Lipinski definition) is 0. The standard InChI is InChI=1S/C20H29N3O2/c1-5-15-12-23(14-19(15)21(2)3)20(24)17-13-22(10-11-25-4)18-9-7-6-8-16(17)18/h6-9,13,15,19H,5,10-12,14H2,1-4H3/t15-,19-/m0/s1. The lowest BCUT2D eigenvalue weighted by molar-refractivity contribution is 0.0782. The van der Waals surface area contributed by atoms with E-state index in [-0.39, 0.29) is 5.91 Å². The number of fused-ring (bicyclic) bond motifs is 1. The van der Waals surface area contributed by atoms with Crippen LogP contribution in [0.5, 0.6) is 0 Å². The zero-order chi connectivity index (χ0) is 18.0. The zero-order valence-corrected chi connectivity index (χ0v) is 15.7. The molecular formula is C20H29N3O2. The molecule has 1 aromatic heterocycles. The van der Waals surface area contributed by atoms with Crippen molar-refractivity contribution in [3.8, 4) is 0 Å². The number of hydrogen-bond acceptors (Lipinski definition) is 3. The number of aromatic nitrogens is 1. The van der Waals surface area contributed by atoms with Crippen LogP contribution in [0.4, 0.5) is 0 Å². The Bertz CT molecular complexity index is 738. The Morgan fingerprint density at radius 2 is 2.04 bits per heavy atom. The van der Waals surface area contributed by atoms with E-state index in [1.165, 1.54) is 0 Å². The molecule has 1 aliphatic rings. The molecule has 1 aliphatic heterocycles. The number of methoxy groups -OCH3 is 1. The van der Waals surface area contributed by atoms with Crippen molar-refractivity contribution in [3.63, 3.8) is 0 Å². The van der Waals surface area contributed by atoms with Gasteiger partial charge in [-0.25, -0.2) is 0 Å². The van der Waals surface area contributed by atoms with Gasteiger partial charge in [-0.2, -0.15) is 0 Å². The zero-order valence-electron chi connectivity index (χ0n) is 15.7. The van der Waals surface area contributed by atoms with E-state index in [2.05, 4.69) is 36.6 Å². The predicted molar refractivity (Wildman–Crippen MR) is 101 cm³/mol. The molecule has 3 rings (SSSR count). The van der Waals surface area contributed by atoms with Gasteiger partial charge in [0.25, 0.3) is 5.91 Å². The van der Waals surface area contributed by atoms with Crippen molar-refractivity contribution in [2.75, 3.05) is 40.9 Å². The van der Waals surface area contributed by atoms with Crippen molar-refractivity contribution in [2.45, 2.75) is 25.9 Å². The highest BCUT2D eigenvalue weighted by Gasteiger charge is 2.36. The molecule has 0 radical (unpaired) electrons. The number of rotatable bonds is 6. The average Bonchev–Trinajstić information content (AvgIpc) is 3.21. The molecule has 0 bridgehead atoms. The monoisotopic (exact) mass is 343 g/mol. The molecule has 136 valence electrons. The van der Waals surface area contributed by atoms with E-state index in [0.29, 0.717) is 18.6 Å². The van der Waals surface area contributed by atoms with Crippen LogP contribution in [0.2, 0.25) is 0 Å². The third-order valence-electron chi connectivity index (χ3n) is 5.44. The SMILES string of the molecule is CC[C@H]1CN(C(=O)c2cn(CCOC)c3ccccc23)C[C@@H]1N(C)C. The molecule has 0 N–H and O–H groups in total. The molecule has 1 aromatic carbocycles. The summed E-state index contributed by atoms with van der Waals surface area (Å²) in [5.74, 6) is 0.691. The summed E-state index contributed by atoms with van der Waals surface area (Å²) in [4.78, 5) is 17.5. The van der Waals surface area contributed by atoms with Crippen LogP contribution in [0.1, 0.15) is 23.7 Å². The van der Waals surface area contributed by atoms with E-state index in [1.807, 2.05) is 29.3 Å². The summed E-state index contributed by atoms with van der Waals surface area (Å²) in [7, 11) is 5.92. The predicted octanol–water partition coefficient (Wildman–Crippen LogP) is 2.70. The molecule has 1 amide bonds. The van der Waals surface area contributed by atoms with Gasteiger partial charge < -0.3 is 19.1 Å². The lowest BCUT2D eigenvalue weighted by Gasteiger charge is -2.23. The Kier molecular flexibility index (Phi) is 5.45. The van der Waals surface area contributed by atoms with Crippen molar-refractivity contribution in [1.82, 2.24) is 14.4 Å². The topological polar surface area (TPSA) is 37.7 Å². The Morgan fingerprint density at radius 3 is 2.68 bits per heavy atom. The van der Waals surface area contributed by atoms with Crippen molar-refractivity contribution in [3.05, 3.63) is 36.0 Å². The molecule has 1 saturated heterocycles. The van der Waals surface area contributed by atoms with Crippen LogP contribution in [-0.4, -0.2) is 67.2 Å². The van der Waals surface area contributed by atoms with Crippen molar-refractivity contribution >= 4 is 16.8 Å². The molecule has 0 unspecified atom stereocenters. The summed E-state index contributed by atoms with van der Waals surface area (Å²) in [6, 6.07) is 8.58. The van der Waals surface area contributed by atoms with Gasteiger partial charge >= 0.3 is 0 Å². The Labute approximate surface area is 150 Å². The second-order valence-corrected chi connectivity index (χ2v) is 7.16. The minimum atomic E-state index is 0.148. The van der Waals surface area contributed by atoms with Crippen molar-refractivity contribution in [2.24, 2.45) is 5.92 Å². The smallest absolute Gasteiger partial charge is 0.256 e. The number of likely N-dealkylation sites (N-methyl/N-ethyl adjacent to an activating group) is 1. The number of benzene rings is 1. The first-order valence-corrected chi connectivity index (χ1v) is 9.09. The molecule has 1 fully saturated rings. The highest BCUT2D eigenvalue weighted by atomic mass is 16.5. The first-order valence-electron chi connectivity index (χ1n) is 9.09. The number of carbonyl (C=O) groups is 1. The van der Waals surface area contributed by atoms with E-state index in [0.717, 1.165) is 42.5 Å². The van der Waals surface area contributed by atoms with E-state index < -0.39 is 0 Å². The highest BCUT2D eigenvalue weighted by molar-refractivity contribution is 6.07. The van der Waals surface area contributed by atoms with Crippen LogP contribution in [0.15, 0.2) is 30.5 Å². The lowest BCUT2D eigenvalue weighted by atomic mass is 10.0. The number of carbonyl (C=O) groups excluding carboxylic acids is 1. The maximum absolute atomic E-state index is 13.2. The van der Waals surface area contributed by atoms with Crippen molar-refractivity contribution in [1.29, 1.82) is 0 Å². The van der Waals surface area contributed by atoms with Gasteiger partial charge in [0.2, 0.25) is 0 Å². The third kappa shape index (κ3) is 3.44. The number of amides is 1. The minimum absolute atomic E-state index is 0.148. The first kappa shape index (κ1) is 18.0. The molecular weight excluding hydrogens is 314 g/mol. The molecule has 0 spiro atoms. The normalized spacial score (nSPS) is 20.8. The van der Waals surface area contributed by atoms with Crippen LogP contribution in [0.25, 0.3) is 10.9 Å². The summed E-state index contributed by atoms with van der Waals surface area (Å²) in [6.45, 7) is 5.25. The summed E-state index contributed by atoms with van der Waals surface area (Å²) >= 11 is 0. The summed E-state index contributed by atoms with van der Waals surface area (Å²) in [5.41, 5.74) is 1.90. The minimum Gasteiger partial charge on any atom is -0.383 e. The lowest BCUT2D eigenvalue weighted by Crippen LogP contribution is -2.36. The fraction of sp³-hybridized carbons (Fsp3) is 0.550. The van der Waals surface area contributed by atoms with E-state index in [4.69, 9.17) is 4.74 Å². The number of likely N-dealkylation sites (tertiary alicyclic amines) is 1. The molecule has 0 saturated carbocycles. The van der Waals surface area contributed by atoms with E-state index in [1.54, 1.807) is 7.11 Å². The molecule has 5 heteroatoms. The number of ether oxygens (including phenoxy) is 1. The molecule has 0 aliphatic carbocycles. The van der Waals surface area contributed by atoms with Crippen LogP contribution < -0.4 is 0 Å². The Balaban J connectivity index is 1.90. The van der Waals surface area contributed by atoms with Crippen molar-refractivity contribution < 1.29 is 9.53 Å². The second kappa shape index (κ2) is 7.58. The summed E-state index contributed by atoms with van der Waals surface area (Å²) in [6.07, 6.45) is 3.10. The van der Waals surface area contributed by atoms with E-state index in [9.17, 15) is 4.79 Å². The van der Waals surface area contributed by atoms with Gasteiger partial charge in [-0.15, -0.1) is 0 Å². The van der Waals surface area contributed by atoms with Gasteiger partial charge in [0.1, 0.15) is 0 Å². The highest BCUT2D eigenvalue weighted by Crippen LogP contribution is 2.28. The fourth-order valence-electron chi connectivity index (χ4n) is 3.97. The van der Waals surface area contributed by atoms with Crippen LogP contribution in [0.3, 0.4) is 0 Å². The molecule has 5 nitrogen and oxygen atoms in total. The van der Waals surface area contributed by atoms with Gasteiger partial charge in [0.15, 0.2) is 0 Å². The van der Waals surface area contributed by atoms with Gasteiger partial charge in [0, 0.05) is 49.9 Å². The average molecular weight is 343 g/mol. The fourth-order valence-corrected chi connectivity index (χ4v) is 3.97. The Hall–Kier alpha value is -1.85. The maximum Gasteiger partial charge on any atom is 0.256 e. The molecule has 2 atom stereocenters. The van der Waals surface area contributed by atoms with Crippen LogP contribution >= 0.6 is 0 Å². The van der Waals surface area contributed by atoms with Gasteiger partial charge in [-0.05, 0) is 26.1 Å². The largest absolute Gasteiger partial charge is 0.383 e. The number of nitrogens with zero attached hydrogens (tertiary/aromatic N) is 3. The maximum atomic E-state index is 13.2. The summed E-state index contributed by atoms with van der Waals surface area (Å²) < 4.78 is 7.34. The van der Waals surface area contributed by atoms with E-state index >= 15 is 0 Å².